The molecule has 0 aliphatic rings. The van der Waals surface area contributed by atoms with E-state index in [1.54, 1.807) is 6.92 Å². The van der Waals surface area contributed by atoms with Crippen LogP contribution in [0.25, 0.3) is 22.6 Å². The van der Waals surface area contributed by atoms with E-state index >= 15 is 0 Å². The Morgan fingerprint density at radius 1 is 0.933 bits per heavy atom. The fraction of sp³-hybridized carbons (Fsp3) is 0.250. The Morgan fingerprint density at radius 2 is 1.60 bits per heavy atom. The number of hydrogen-bond donors (Lipinski definition) is 1. The largest absolute Gasteiger partial charge is 0.334 e. The van der Waals surface area contributed by atoms with Crippen LogP contribution in [0.3, 0.4) is 0 Å². The standard InChI is InChI=1S/C11H11N3O2.C9H9N3O2/c1-6(2)9-7(3)13-11-12-5-4-8(15)14(11)10(9)16;1-5(2)6-7-10-3-4-12(7)9(14)11-8(6)13/h4-5H,1-3H3;3-4H,1-2H3,(H,11,13,14). The number of aryl methyl sites for hydroxylation is 1. The van der Waals surface area contributed by atoms with E-state index in [4.69, 9.17) is 0 Å². The van der Waals surface area contributed by atoms with Crippen molar-refractivity contribution >= 4 is 22.6 Å². The summed E-state index contributed by atoms with van der Waals surface area (Å²) in [4.78, 5) is 60.7. The average molecular weight is 408 g/mol. The third-order valence-electron chi connectivity index (χ3n) is 4.40. The zero-order chi connectivity index (χ0) is 22.2. The van der Waals surface area contributed by atoms with Crippen molar-refractivity contribution in [1.29, 1.82) is 0 Å². The van der Waals surface area contributed by atoms with Crippen LogP contribution < -0.4 is 32.8 Å². The first-order valence-electron chi connectivity index (χ1n) is 9.06. The smallest absolute Gasteiger partial charge is 0.273 e. The summed E-state index contributed by atoms with van der Waals surface area (Å²) in [7, 11) is 0. The van der Waals surface area contributed by atoms with E-state index in [9.17, 15) is 19.2 Å². The number of nitrogens with zero attached hydrogens (tertiary/aromatic N) is 5. The maximum Gasteiger partial charge on any atom is 0.334 e. The number of H-pyrrole nitrogens is 1. The minimum atomic E-state index is -0.451. The van der Waals surface area contributed by atoms with Gasteiger partial charge in [0.05, 0.1) is 16.1 Å². The van der Waals surface area contributed by atoms with Gasteiger partial charge in [-0.05, 0) is 34.6 Å². The molecule has 154 valence electrons. The van der Waals surface area contributed by atoms with Crippen molar-refractivity contribution in [1.82, 2.24) is 28.7 Å². The fourth-order valence-electron chi connectivity index (χ4n) is 3.14. The number of fused-ring (bicyclic) bond motifs is 2. The van der Waals surface area contributed by atoms with Crippen LogP contribution in [0, 0.1) is 6.92 Å². The molecular weight excluding hydrogens is 388 g/mol. The second kappa shape index (κ2) is 7.82. The maximum atomic E-state index is 12.1. The molecule has 0 saturated carbocycles. The zero-order valence-corrected chi connectivity index (χ0v) is 17.2. The summed E-state index contributed by atoms with van der Waals surface area (Å²) in [6.07, 6.45) is 4.38. The molecule has 10 heteroatoms. The first-order valence-corrected chi connectivity index (χ1v) is 9.06. The molecule has 4 aromatic rings. The molecule has 0 spiro atoms. The van der Waals surface area contributed by atoms with Crippen molar-refractivity contribution in [2.45, 2.75) is 34.6 Å². The molecule has 30 heavy (non-hydrogen) atoms. The molecule has 4 heterocycles. The van der Waals surface area contributed by atoms with E-state index < -0.39 is 11.2 Å². The highest BCUT2D eigenvalue weighted by molar-refractivity contribution is 5.51. The second-order valence-electron chi connectivity index (χ2n) is 7.05. The van der Waals surface area contributed by atoms with Gasteiger partial charge in [-0.1, -0.05) is 11.1 Å². The van der Waals surface area contributed by atoms with Crippen LogP contribution in [0.1, 0.15) is 33.4 Å². The lowest BCUT2D eigenvalue weighted by molar-refractivity contribution is 0.920. The van der Waals surface area contributed by atoms with E-state index in [-0.39, 0.29) is 16.9 Å². The lowest BCUT2D eigenvalue weighted by Gasteiger charge is -2.00. The van der Waals surface area contributed by atoms with E-state index in [0.717, 1.165) is 15.5 Å². The van der Waals surface area contributed by atoms with Crippen LogP contribution in [-0.2, 0) is 0 Å². The molecule has 4 aromatic heterocycles. The Labute approximate surface area is 168 Å². The molecule has 10 nitrogen and oxygen atoms in total. The number of rotatable bonds is 0. The van der Waals surface area contributed by atoms with E-state index in [2.05, 4.69) is 19.9 Å². The predicted molar refractivity (Wildman–Crippen MR) is 112 cm³/mol. The minimum absolute atomic E-state index is 0.153. The molecule has 4 rings (SSSR count). The van der Waals surface area contributed by atoms with E-state index in [0.29, 0.717) is 21.8 Å². The second-order valence-corrected chi connectivity index (χ2v) is 7.05. The maximum absolute atomic E-state index is 12.1. The highest BCUT2D eigenvalue weighted by Crippen LogP contribution is 1.91. The van der Waals surface area contributed by atoms with Gasteiger partial charge in [-0.3, -0.25) is 23.8 Å². The molecule has 0 radical (unpaired) electrons. The summed E-state index contributed by atoms with van der Waals surface area (Å²) in [5, 5.41) is 0.956. The minimum Gasteiger partial charge on any atom is -0.273 e. The fourth-order valence-corrected chi connectivity index (χ4v) is 3.14. The number of aromatic nitrogens is 6. The summed E-state index contributed by atoms with van der Waals surface area (Å²) in [6, 6.07) is 1.25. The van der Waals surface area contributed by atoms with Crippen LogP contribution in [0.4, 0.5) is 0 Å². The van der Waals surface area contributed by atoms with Gasteiger partial charge < -0.3 is 0 Å². The molecule has 0 saturated heterocycles. The van der Waals surface area contributed by atoms with Gasteiger partial charge in [0.1, 0.15) is 0 Å². The molecule has 0 aliphatic carbocycles. The number of nitrogens with one attached hydrogen (secondary N) is 1. The van der Waals surface area contributed by atoms with Gasteiger partial charge in [0.25, 0.3) is 16.7 Å². The molecule has 0 bridgehead atoms. The summed E-state index contributed by atoms with van der Waals surface area (Å²) >= 11 is 0. The van der Waals surface area contributed by atoms with Crippen molar-refractivity contribution in [3.05, 3.63) is 82.3 Å². The molecular formula is C20H20N6O4. The average Bonchev–Trinajstić information content (AvgIpc) is 3.11. The van der Waals surface area contributed by atoms with Crippen molar-refractivity contribution in [3.63, 3.8) is 0 Å². The van der Waals surface area contributed by atoms with Gasteiger partial charge in [0.15, 0.2) is 5.65 Å². The Morgan fingerprint density at radius 3 is 2.23 bits per heavy atom. The molecule has 0 atom stereocenters. The van der Waals surface area contributed by atoms with Gasteiger partial charge >= 0.3 is 5.69 Å². The van der Waals surface area contributed by atoms with Gasteiger partial charge in [-0.15, -0.1) is 0 Å². The lowest BCUT2D eigenvalue weighted by Crippen LogP contribution is -2.40. The Bertz CT molecular complexity index is 1620. The summed E-state index contributed by atoms with van der Waals surface area (Å²) < 4.78 is 2.32. The zero-order valence-electron chi connectivity index (χ0n) is 17.2. The SMILES string of the molecule is CC(C)=c1c(=O)[nH]c(=O)n2ccnc12.CC(C)=c1c(C)nc2nccc(=O)n2c1=O. The molecule has 1 N–H and O–H groups in total. The number of imidazole rings is 1. The molecule has 0 aromatic carbocycles. The third-order valence-corrected chi connectivity index (χ3v) is 4.40. The first kappa shape index (κ1) is 20.8. The van der Waals surface area contributed by atoms with Crippen molar-refractivity contribution < 1.29 is 0 Å². The summed E-state index contributed by atoms with van der Waals surface area (Å²) in [5.41, 5.74) is 1.11. The van der Waals surface area contributed by atoms with Crippen LogP contribution in [0.15, 0.2) is 43.8 Å². The van der Waals surface area contributed by atoms with E-state index in [1.165, 1.54) is 29.1 Å². The normalized spacial score (nSPS) is 10.7. The summed E-state index contributed by atoms with van der Waals surface area (Å²) in [6.45, 7) is 8.99. The lowest BCUT2D eigenvalue weighted by atomic mass is 10.2. The Kier molecular flexibility index (Phi) is 5.41. The monoisotopic (exact) mass is 408 g/mol. The van der Waals surface area contributed by atoms with Gasteiger partial charge in [0.2, 0.25) is 5.78 Å². The molecule has 0 fully saturated rings. The summed E-state index contributed by atoms with van der Waals surface area (Å²) in [5.74, 6) is 0.153. The molecule has 0 amide bonds. The van der Waals surface area contributed by atoms with Crippen molar-refractivity contribution in [3.8, 4) is 0 Å². The number of aromatic amines is 1. The highest BCUT2D eigenvalue weighted by atomic mass is 16.2. The predicted octanol–water partition coefficient (Wildman–Crippen LogP) is -1.04. The van der Waals surface area contributed by atoms with Crippen LogP contribution in [0.2, 0.25) is 0 Å². The van der Waals surface area contributed by atoms with Crippen LogP contribution >= 0.6 is 0 Å². The van der Waals surface area contributed by atoms with Crippen molar-refractivity contribution in [2.75, 3.05) is 0 Å². The third kappa shape index (κ3) is 3.54. The molecule has 0 aliphatic heterocycles. The van der Waals surface area contributed by atoms with Crippen molar-refractivity contribution in [2.24, 2.45) is 0 Å². The van der Waals surface area contributed by atoms with Gasteiger partial charge in [-0.25, -0.2) is 24.1 Å². The first-order chi connectivity index (χ1) is 14.1. The van der Waals surface area contributed by atoms with Crippen LogP contribution in [-0.4, -0.2) is 28.7 Å². The molecule has 0 unspecified atom stereocenters. The van der Waals surface area contributed by atoms with E-state index in [1.807, 2.05) is 27.7 Å². The topological polar surface area (TPSA) is 132 Å². The van der Waals surface area contributed by atoms with Crippen LogP contribution in [0.5, 0.6) is 0 Å². The Balaban J connectivity index is 0.000000172. The number of hydrogen-bond acceptors (Lipinski definition) is 7. The Hall–Kier alpha value is -3.95. The van der Waals surface area contributed by atoms with Gasteiger partial charge in [0, 0.05) is 24.7 Å². The van der Waals surface area contributed by atoms with Gasteiger partial charge in [-0.2, -0.15) is 0 Å². The highest BCUT2D eigenvalue weighted by Gasteiger charge is 2.07. The quantitative estimate of drug-likeness (QED) is 0.393.